The third-order valence-corrected chi connectivity index (χ3v) is 6.46. The predicted molar refractivity (Wildman–Crippen MR) is 129 cm³/mol. The number of amides is 1. The summed E-state index contributed by atoms with van der Waals surface area (Å²) in [7, 11) is 0. The van der Waals surface area contributed by atoms with Crippen LogP contribution in [0.1, 0.15) is 54.5 Å². The number of carbonyl (C=O) groups is 2. The second-order valence-electron chi connectivity index (χ2n) is 9.11. The minimum atomic E-state index is -0.163. The van der Waals surface area contributed by atoms with E-state index in [0.29, 0.717) is 19.6 Å². The van der Waals surface area contributed by atoms with Crippen LogP contribution in [0, 0.1) is 19.8 Å². The normalized spacial score (nSPS) is 21.1. The molecular formula is C27H33N3O3. The first-order valence-electron chi connectivity index (χ1n) is 11.9. The number of rotatable bonds is 6. The molecule has 6 heteroatoms. The predicted octanol–water partition coefficient (Wildman–Crippen LogP) is 4.26. The van der Waals surface area contributed by atoms with Crippen LogP contribution in [0.3, 0.4) is 0 Å². The van der Waals surface area contributed by atoms with E-state index >= 15 is 0 Å². The van der Waals surface area contributed by atoms with Crippen LogP contribution in [0.15, 0.2) is 53.6 Å². The van der Waals surface area contributed by atoms with Crippen LogP contribution in [-0.2, 0) is 14.3 Å². The number of hydrazone groups is 1. The van der Waals surface area contributed by atoms with Gasteiger partial charge in [-0.2, -0.15) is 5.10 Å². The highest BCUT2D eigenvalue weighted by Gasteiger charge is 2.35. The largest absolute Gasteiger partial charge is 0.466 e. The summed E-state index contributed by atoms with van der Waals surface area (Å²) < 4.78 is 5.21. The van der Waals surface area contributed by atoms with E-state index < -0.39 is 0 Å². The van der Waals surface area contributed by atoms with Gasteiger partial charge in [0.2, 0.25) is 0 Å². The molecule has 2 atom stereocenters. The van der Waals surface area contributed by atoms with E-state index in [9.17, 15) is 9.59 Å². The lowest BCUT2D eigenvalue weighted by molar-refractivity contribution is -0.150. The number of aryl methyl sites for hydroxylation is 2. The van der Waals surface area contributed by atoms with Crippen LogP contribution in [0.2, 0.25) is 0 Å². The molecule has 2 aliphatic heterocycles. The van der Waals surface area contributed by atoms with Gasteiger partial charge in [0.25, 0.3) is 5.91 Å². The molecule has 4 rings (SSSR count). The lowest BCUT2D eigenvalue weighted by Gasteiger charge is -2.32. The molecule has 1 saturated heterocycles. The molecule has 0 aliphatic carbocycles. The van der Waals surface area contributed by atoms with E-state index in [2.05, 4.69) is 61.2 Å². The fourth-order valence-electron chi connectivity index (χ4n) is 4.70. The van der Waals surface area contributed by atoms with Crippen molar-refractivity contribution in [3.05, 3.63) is 70.8 Å². The molecule has 2 aromatic carbocycles. The van der Waals surface area contributed by atoms with Gasteiger partial charge in [-0.1, -0.05) is 59.7 Å². The van der Waals surface area contributed by atoms with Crippen LogP contribution in [-0.4, -0.2) is 53.7 Å². The maximum atomic E-state index is 13.5. The summed E-state index contributed by atoms with van der Waals surface area (Å²) >= 11 is 0. The molecular weight excluding hydrogens is 414 g/mol. The van der Waals surface area contributed by atoms with E-state index in [4.69, 9.17) is 9.84 Å². The summed E-state index contributed by atoms with van der Waals surface area (Å²) in [5.41, 5.74) is 5.43. The average Bonchev–Trinajstić information content (AvgIpc) is 3.26. The first kappa shape index (κ1) is 23.2. The molecule has 2 aromatic rings. The van der Waals surface area contributed by atoms with Gasteiger partial charge >= 0.3 is 5.97 Å². The van der Waals surface area contributed by atoms with Gasteiger partial charge in [-0.25, -0.2) is 5.01 Å². The van der Waals surface area contributed by atoms with E-state index in [1.54, 1.807) is 5.01 Å². The Kier molecular flexibility index (Phi) is 7.23. The number of piperidine rings is 1. The standard InChI is InChI=1S/C27H33N3O3/c1-4-33-27(32)23-9-6-14-29(17-23)18-26(31)30-25(21-12-10-19(2)11-13-21)16-24(28-30)22-8-5-7-20(3)15-22/h5,7-8,10-13,15,23,25H,4,6,9,14,16-18H2,1-3H3/t23-,25+/m1/s1. The topological polar surface area (TPSA) is 62.2 Å². The number of hydrogen-bond acceptors (Lipinski definition) is 5. The fraction of sp³-hybridized carbons (Fsp3) is 0.444. The molecule has 174 valence electrons. The van der Waals surface area contributed by atoms with Gasteiger partial charge in [-0.3, -0.25) is 14.5 Å². The van der Waals surface area contributed by atoms with E-state index in [1.165, 1.54) is 11.1 Å². The van der Waals surface area contributed by atoms with E-state index in [-0.39, 0.29) is 30.4 Å². The smallest absolute Gasteiger partial charge is 0.310 e. The van der Waals surface area contributed by atoms with Gasteiger partial charge in [-0.05, 0) is 51.3 Å². The van der Waals surface area contributed by atoms with Crippen molar-refractivity contribution in [3.63, 3.8) is 0 Å². The zero-order chi connectivity index (χ0) is 23.4. The molecule has 2 heterocycles. The van der Waals surface area contributed by atoms with E-state index in [1.807, 2.05) is 13.0 Å². The zero-order valence-electron chi connectivity index (χ0n) is 19.8. The van der Waals surface area contributed by atoms with Gasteiger partial charge in [0.15, 0.2) is 0 Å². The van der Waals surface area contributed by atoms with Crippen LogP contribution in [0.5, 0.6) is 0 Å². The summed E-state index contributed by atoms with van der Waals surface area (Å²) in [4.78, 5) is 27.8. The summed E-state index contributed by atoms with van der Waals surface area (Å²) in [6.45, 7) is 7.95. The molecule has 0 bridgehead atoms. The lowest BCUT2D eigenvalue weighted by Crippen LogP contribution is -2.44. The first-order chi connectivity index (χ1) is 15.9. The SMILES string of the molecule is CCOC(=O)[C@@H]1CCCN(CC(=O)N2N=C(c3cccc(C)c3)C[C@H]2c2ccc(C)cc2)C1. The summed E-state index contributed by atoms with van der Waals surface area (Å²) in [6, 6.07) is 16.5. The van der Waals surface area contributed by atoms with Crippen molar-refractivity contribution in [2.45, 2.75) is 46.1 Å². The number of likely N-dealkylation sites (tertiary alicyclic amines) is 1. The monoisotopic (exact) mass is 447 g/mol. The molecule has 1 amide bonds. The zero-order valence-corrected chi connectivity index (χ0v) is 19.8. The highest BCUT2D eigenvalue weighted by Crippen LogP contribution is 2.33. The number of ether oxygens (including phenoxy) is 1. The Morgan fingerprint density at radius 1 is 1.09 bits per heavy atom. The van der Waals surface area contributed by atoms with Crippen LogP contribution in [0.25, 0.3) is 0 Å². The Hall–Kier alpha value is -2.99. The highest BCUT2D eigenvalue weighted by atomic mass is 16.5. The molecule has 0 radical (unpaired) electrons. The van der Waals surface area contributed by atoms with Crippen molar-refractivity contribution in [2.24, 2.45) is 11.0 Å². The van der Waals surface area contributed by atoms with Crippen LogP contribution >= 0.6 is 0 Å². The van der Waals surface area contributed by atoms with Crippen LogP contribution < -0.4 is 0 Å². The summed E-state index contributed by atoms with van der Waals surface area (Å²) in [5, 5.41) is 6.47. The maximum Gasteiger partial charge on any atom is 0.310 e. The molecule has 0 spiro atoms. The van der Waals surface area contributed by atoms with Gasteiger partial charge in [0.05, 0.1) is 30.8 Å². The minimum absolute atomic E-state index is 0.0345. The molecule has 0 aromatic heterocycles. The third kappa shape index (κ3) is 5.50. The number of carbonyl (C=O) groups excluding carboxylic acids is 2. The number of hydrogen-bond donors (Lipinski definition) is 0. The Bertz CT molecular complexity index is 1030. The highest BCUT2D eigenvalue weighted by molar-refractivity contribution is 6.03. The van der Waals surface area contributed by atoms with Gasteiger partial charge in [0.1, 0.15) is 0 Å². The van der Waals surface area contributed by atoms with Crippen molar-refractivity contribution in [2.75, 3.05) is 26.2 Å². The Balaban J connectivity index is 1.54. The van der Waals surface area contributed by atoms with E-state index in [0.717, 1.165) is 36.2 Å². The number of benzene rings is 2. The molecule has 2 aliphatic rings. The molecule has 33 heavy (non-hydrogen) atoms. The van der Waals surface area contributed by atoms with Crippen LogP contribution in [0.4, 0.5) is 0 Å². The average molecular weight is 448 g/mol. The van der Waals surface area contributed by atoms with Crippen molar-refractivity contribution < 1.29 is 14.3 Å². The van der Waals surface area contributed by atoms with Gasteiger partial charge in [0, 0.05) is 13.0 Å². The van der Waals surface area contributed by atoms with Crippen molar-refractivity contribution in [1.29, 1.82) is 0 Å². The molecule has 1 fully saturated rings. The van der Waals surface area contributed by atoms with Gasteiger partial charge < -0.3 is 4.74 Å². The minimum Gasteiger partial charge on any atom is -0.466 e. The quantitative estimate of drug-likeness (QED) is 0.621. The Morgan fingerprint density at radius 3 is 2.61 bits per heavy atom. The summed E-state index contributed by atoms with van der Waals surface area (Å²) in [5.74, 6) is -0.356. The Labute approximate surface area is 196 Å². The van der Waals surface area contributed by atoms with Crippen molar-refractivity contribution in [1.82, 2.24) is 9.91 Å². The molecule has 0 N–H and O–H groups in total. The van der Waals surface area contributed by atoms with Crippen molar-refractivity contribution >= 4 is 17.6 Å². The lowest BCUT2D eigenvalue weighted by atomic mass is 9.96. The molecule has 0 unspecified atom stereocenters. The first-order valence-corrected chi connectivity index (χ1v) is 11.9. The summed E-state index contributed by atoms with van der Waals surface area (Å²) in [6.07, 6.45) is 2.38. The Morgan fingerprint density at radius 2 is 1.88 bits per heavy atom. The second kappa shape index (κ2) is 10.3. The number of esters is 1. The fourth-order valence-corrected chi connectivity index (χ4v) is 4.70. The van der Waals surface area contributed by atoms with Gasteiger partial charge in [-0.15, -0.1) is 0 Å². The molecule has 0 saturated carbocycles. The second-order valence-corrected chi connectivity index (χ2v) is 9.11. The number of nitrogens with zero attached hydrogens (tertiary/aromatic N) is 3. The maximum absolute atomic E-state index is 13.5. The third-order valence-electron chi connectivity index (χ3n) is 6.46. The molecule has 6 nitrogen and oxygen atoms in total. The van der Waals surface area contributed by atoms with Crippen molar-refractivity contribution in [3.8, 4) is 0 Å².